The largest absolute Gasteiger partial charge is 0.468 e. The lowest BCUT2D eigenvalue weighted by Crippen LogP contribution is -2.36. The lowest BCUT2D eigenvalue weighted by atomic mass is 10.0. The molecule has 0 radical (unpaired) electrons. The van der Waals surface area contributed by atoms with Crippen molar-refractivity contribution in [3.8, 4) is 0 Å². The van der Waals surface area contributed by atoms with Crippen LogP contribution in [-0.4, -0.2) is 37.7 Å². The van der Waals surface area contributed by atoms with Gasteiger partial charge in [-0.2, -0.15) is 0 Å². The number of hydrogen-bond donors (Lipinski definition) is 1. The summed E-state index contributed by atoms with van der Waals surface area (Å²) >= 11 is 1.85. The van der Waals surface area contributed by atoms with Crippen LogP contribution >= 0.6 is 22.6 Å². The Hall–Kier alpha value is -0.670. The molecule has 0 saturated carbocycles. The van der Waals surface area contributed by atoms with Crippen LogP contribution in [0.5, 0.6) is 0 Å². The van der Waals surface area contributed by atoms with Gasteiger partial charge in [0.05, 0.1) is 12.9 Å². The van der Waals surface area contributed by atoms with E-state index in [1.54, 1.807) is 0 Å². The number of nitrogens with one attached hydrogen (secondary N) is 1. The second-order valence-corrected chi connectivity index (χ2v) is 7.79. The smallest absolute Gasteiger partial charge is 0.319 e. The Morgan fingerprint density at radius 1 is 1.35 bits per heavy atom. The number of carbonyl (C=O) groups excluding carboxylic acids is 1. The molecule has 0 aliphatic rings. The summed E-state index contributed by atoms with van der Waals surface area (Å²) in [5, 5.41) is 0. The first-order chi connectivity index (χ1) is 9.35. The van der Waals surface area contributed by atoms with Crippen molar-refractivity contribution in [1.82, 2.24) is 4.72 Å². The van der Waals surface area contributed by atoms with E-state index in [1.165, 1.54) is 7.11 Å². The van der Waals surface area contributed by atoms with Gasteiger partial charge in [-0.3, -0.25) is 4.79 Å². The molecule has 5 nitrogen and oxygen atoms in total. The molecule has 0 spiro atoms. The monoisotopic (exact) mass is 411 g/mol. The van der Waals surface area contributed by atoms with Crippen molar-refractivity contribution in [2.75, 3.05) is 19.4 Å². The molecule has 20 heavy (non-hydrogen) atoms. The SMILES string of the molecule is COC(=O)C(I)CNS(=O)(=O)CC(C)c1ccccc1. The fourth-order valence-corrected chi connectivity index (χ4v) is 3.84. The van der Waals surface area contributed by atoms with Gasteiger partial charge >= 0.3 is 5.97 Å². The Bertz CT molecular complexity index is 533. The van der Waals surface area contributed by atoms with Crippen molar-refractivity contribution < 1.29 is 17.9 Å². The maximum atomic E-state index is 12.0. The van der Waals surface area contributed by atoms with Crippen molar-refractivity contribution in [3.05, 3.63) is 35.9 Å². The van der Waals surface area contributed by atoms with Crippen LogP contribution < -0.4 is 4.72 Å². The average Bonchev–Trinajstić information content (AvgIpc) is 2.44. The van der Waals surface area contributed by atoms with Gasteiger partial charge in [0, 0.05) is 6.54 Å². The normalized spacial score (nSPS) is 14.6. The number of hydrogen-bond acceptors (Lipinski definition) is 4. The standard InChI is InChI=1S/C13H18INO4S/c1-10(11-6-4-3-5-7-11)9-20(17,18)15-8-12(14)13(16)19-2/h3-7,10,12,15H,8-9H2,1-2H3. The minimum Gasteiger partial charge on any atom is -0.468 e. The van der Waals surface area contributed by atoms with E-state index in [1.807, 2.05) is 59.8 Å². The lowest BCUT2D eigenvalue weighted by molar-refractivity contribution is -0.139. The van der Waals surface area contributed by atoms with Crippen LogP contribution in [0.1, 0.15) is 18.4 Å². The third-order valence-electron chi connectivity index (χ3n) is 2.78. The van der Waals surface area contributed by atoms with Gasteiger partial charge < -0.3 is 4.74 Å². The fourth-order valence-electron chi connectivity index (χ4n) is 1.68. The number of sulfonamides is 1. The topological polar surface area (TPSA) is 72.5 Å². The summed E-state index contributed by atoms with van der Waals surface area (Å²) in [5.41, 5.74) is 0.969. The maximum Gasteiger partial charge on any atom is 0.319 e. The molecule has 0 amide bonds. The predicted molar refractivity (Wildman–Crippen MR) is 86.5 cm³/mol. The Kier molecular flexibility index (Phi) is 6.90. The van der Waals surface area contributed by atoms with Crippen molar-refractivity contribution in [1.29, 1.82) is 0 Å². The third-order valence-corrected chi connectivity index (χ3v) is 5.27. The first-order valence-electron chi connectivity index (χ1n) is 6.10. The number of alkyl halides is 1. The molecule has 112 valence electrons. The minimum absolute atomic E-state index is 0.0124. The van der Waals surface area contributed by atoms with E-state index >= 15 is 0 Å². The van der Waals surface area contributed by atoms with Gasteiger partial charge in [0.15, 0.2) is 0 Å². The first-order valence-corrected chi connectivity index (χ1v) is 8.99. The van der Waals surface area contributed by atoms with Crippen molar-refractivity contribution in [2.45, 2.75) is 16.8 Å². The molecule has 1 aromatic carbocycles. The number of esters is 1. The molecule has 1 aromatic rings. The molecular formula is C13H18INO4S. The summed E-state index contributed by atoms with van der Waals surface area (Å²) in [5.74, 6) is -0.564. The van der Waals surface area contributed by atoms with Crippen LogP contribution in [0, 0.1) is 0 Å². The fraction of sp³-hybridized carbons (Fsp3) is 0.462. The summed E-state index contributed by atoms with van der Waals surface area (Å²) in [7, 11) is -2.15. The van der Waals surface area contributed by atoms with Gasteiger partial charge in [0.2, 0.25) is 10.0 Å². The lowest BCUT2D eigenvalue weighted by Gasteiger charge is -2.14. The summed E-state index contributed by atoms with van der Waals surface area (Å²) in [4.78, 5) is 11.2. The first kappa shape index (κ1) is 17.4. The Morgan fingerprint density at radius 2 is 1.95 bits per heavy atom. The van der Waals surface area contributed by atoms with E-state index in [4.69, 9.17) is 0 Å². The third kappa shape index (κ3) is 5.76. The predicted octanol–water partition coefficient (Wildman–Crippen LogP) is 1.69. The van der Waals surface area contributed by atoms with Gasteiger partial charge in [-0.1, -0.05) is 59.8 Å². The number of halogens is 1. The number of benzene rings is 1. The Balaban J connectivity index is 2.56. The second kappa shape index (κ2) is 7.94. The van der Waals surface area contributed by atoms with Crippen molar-refractivity contribution in [3.63, 3.8) is 0 Å². The summed E-state index contributed by atoms with van der Waals surface area (Å²) in [6.45, 7) is 1.90. The summed E-state index contributed by atoms with van der Waals surface area (Å²) in [6, 6.07) is 9.44. The zero-order valence-electron chi connectivity index (χ0n) is 11.4. The average molecular weight is 411 g/mol. The number of methoxy groups -OCH3 is 1. The molecule has 0 heterocycles. The number of rotatable bonds is 7. The molecule has 1 rings (SSSR count). The van der Waals surface area contributed by atoms with Crippen LogP contribution in [0.25, 0.3) is 0 Å². The number of carbonyl (C=O) groups is 1. The van der Waals surface area contributed by atoms with E-state index in [-0.39, 0.29) is 18.2 Å². The maximum absolute atomic E-state index is 12.0. The van der Waals surface area contributed by atoms with E-state index in [9.17, 15) is 13.2 Å². The van der Waals surface area contributed by atoms with Gasteiger partial charge in [0.25, 0.3) is 0 Å². The highest BCUT2D eigenvalue weighted by molar-refractivity contribution is 14.1. The molecule has 0 bridgehead atoms. The van der Waals surface area contributed by atoms with Gasteiger partial charge in [0.1, 0.15) is 3.92 Å². The van der Waals surface area contributed by atoms with E-state index in [2.05, 4.69) is 9.46 Å². The van der Waals surface area contributed by atoms with Crippen molar-refractivity contribution >= 4 is 38.6 Å². The van der Waals surface area contributed by atoms with Crippen LogP contribution in [0.3, 0.4) is 0 Å². The van der Waals surface area contributed by atoms with E-state index in [0.717, 1.165) is 5.56 Å². The van der Waals surface area contributed by atoms with Gasteiger partial charge in [-0.05, 0) is 11.5 Å². The van der Waals surface area contributed by atoms with Crippen LogP contribution in [0.15, 0.2) is 30.3 Å². The molecule has 1 N–H and O–H groups in total. The second-order valence-electron chi connectivity index (χ2n) is 4.43. The molecule has 2 unspecified atom stereocenters. The van der Waals surface area contributed by atoms with Crippen LogP contribution in [0.4, 0.5) is 0 Å². The Labute approximate surface area is 133 Å². The van der Waals surface area contributed by atoms with Gasteiger partial charge in [-0.25, -0.2) is 13.1 Å². The molecule has 2 atom stereocenters. The minimum atomic E-state index is -3.43. The molecule has 0 aliphatic carbocycles. The quantitative estimate of drug-likeness (QED) is 0.421. The van der Waals surface area contributed by atoms with Crippen molar-refractivity contribution in [2.24, 2.45) is 0 Å². The molecule has 0 saturated heterocycles. The molecule has 0 aliphatic heterocycles. The van der Waals surface area contributed by atoms with E-state index in [0.29, 0.717) is 0 Å². The summed E-state index contributed by atoms with van der Waals surface area (Å²) in [6.07, 6.45) is 0. The highest BCUT2D eigenvalue weighted by Gasteiger charge is 2.21. The molecule has 7 heteroatoms. The summed E-state index contributed by atoms with van der Waals surface area (Å²) < 4.78 is 30.4. The van der Waals surface area contributed by atoms with Crippen LogP contribution in [0.2, 0.25) is 0 Å². The Morgan fingerprint density at radius 3 is 2.50 bits per heavy atom. The zero-order valence-corrected chi connectivity index (χ0v) is 14.3. The zero-order chi connectivity index (χ0) is 15.2. The number of ether oxygens (including phenoxy) is 1. The molecular weight excluding hydrogens is 393 g/mol. The van der Waals surface area contributed by atoms with Crippen LogP contribution in [-0.2, 0) is 19.6 Å². The van der Waals surface area contributed by atoms with E-state index < -0.39 is 19.9 Å². The van der Waals surface area contributed by atoms with Gasteiger partial charge in [-0.15, -0.1) is 0 Å². The highest BCUT2D eigenvalue weighted by atomic mass is 127. The molecule has 0 fully saturated rings. The molecule has 0 aromatic heterocycles. The highest BCUT2D eigenvalue weighted by Crippen LogP contribution is 2.16.